The molecule has 27 heavy (non-hydrogen) atoms. The molecule has 0 radical (unpaired) electrons. The van der Waals surface area contributed by atoms with Crippen LogP contribution in [0, 0.1) is 0 Å². The van der Waals surface area contributed by atoms with Gasteiger partial charge in [-0.25, -0.2) is 0 Å². The summed E-state index contributed by atoms with van der Waals surface area (Å²) in [7, 11) is 0. The highest BCUT2D eigenvalue weighted by Crippen LogP contribution is 2.59. The zero-order valence-electron chi connectivity index (χ0n) is 14.9. The number of benzene rings is 3. The van der Waals surface area contributed by atoms with Gasteiger partial charge in [0.1, 0.15) is 11.5 Å². The van der Waals surface area contributed by atoms with E-state index in [1.165, 1.54) is 5.56 Å². The summed E-state index contributed by atoms with van der Waals surface area (Å²) in [6.07, 6.45) is 3.81. The predicted molar refractivity (Wildman–Crippen MR) is 110 cm³/mol. The fourth-order valence-corrected chi connectivity index (χ4v) is 4.48. The van der Waals surface area contributed by atoms with E-state index in [0.717, 1.165) is 39.6 Å². The van der Waals surface area contributed by atoms with Crippen molar-refractivity contribution in [2.75, 3.05) is 5.32 Å². The molecule has 2 aliphatic heterocycles. The van der Waals surface area contributed by atoms with Crippen molar-refractivity contribution in [3.05, 3.63) is 126 Å². The molecule has 0 aliphatic carbocycles. The van der Waals surface area contributed by atoms with E-state index in [1.54, 1.807) is 0 Å². The van der Waals surface area contributed by atoms with Crippen LogP contribution in [-0.2, 0) is 5.41 Å². The molecule has 0 aromatic heterocycles. The zero-order chi connectivity index (χ0) is 18.4. The van der Waals surface area contributed by atoms with Gasteiger partial charge in [0.05, 0.1) is 5.41 Å². The van der Waals surface area contributed by atoms with Crippen LogP contribution in [0.3, 0.4) is 0 Å². The summed E-state index contributed by atoms with van der Waals surface area (Å²) in [5.41, 5.74) is 6.05. The highest BCUT2D eigenvalue weighted by atomic mass is 16.5. The van der Waals surface area contributed by atoms with Crippen molar-refractivity contribution in [3.63, 3.8) is 0 Å². The van der Waals surface area contributed by atoms with Crippen molar-refractivity contribution in [1.82, 2.24) is 0 Å². The second kappa shape index (κ2) is 5.75. The van der Waals surface area contributed by atoms with Gasteiger partial charge < -0.3 is 10.1 Å². The third-order valence-corrected chi connectivity index (χ3v) is 5.50. The molecular formula is C25H19NO. The summed E-state index contributed by atoms with van der Waals surface area (Å²) in [6.45, 7) is 8.21. The van der Waals surface area contributed by atoms with Gasteiger partial charge in [0.15, 0.2) is 0 Å². The van der Waals surface area contributed by atoms with Crippen LogP contribution in [0.2, 0.25) is 0 Å². The first-order valence-electron chi connectivity index (χ1n) is 9.03. The molecule has 3 aromatic carbocycles. The Labute approximate surface area is 159 Å². The Morgan fingerprint density at radius 3 is 1.85 bits per heavy atom. The summed E-state index contributed by atoms with van der Waals surface area (Å²) in [4.78, 5) is 0. The normalized spacial score (nSPS) is 15.7. The summed E-state index contributed by atoms with van der Waals surface area (Å²) < 4.78 is 6.28. The highest BCUT2D eigenvalue weighted by Gasteiger charge is 2.49. The third-order valence-electron chi connectivity index (χ3n) is 5.50. The van der Waals surface area contributed by atoms with Crippen LogP contribution in [0.5, 0.6) is 11.5 Å². The van der Waals surface area contributed by atoms with Gasteiger partial charge in [-0.1, -0.05) is 73.8 Å². The lowest BCUT2D eigenvalue weighted by molar-refractivity contribution is 0.433. The predicted octanol–water partition coefficient (Wildman–Crippen LogP) is 6.18. The smallest absolute Gasteiger partial charge is 0.132 e. The third kappa shape index (κ3) is 1.95. The van der Waals surface area contributed by atoms with E-state index in [2.05, 4.69) is 67.0 Å². The maximum Gasteiger partial charge on any atom is 0.132 e. The highest BCUT2D eigenvalue weighted by molar-refractivity contribution is 5.80. The van der Waals surface area contributed by atoms with Gasteiger partial charge >= 0.3 is 0 Å². The lowest BCUT2D eigenvalue weighted by atomic mass is 9.61. The van der Waals surface area contributed by atoms with Crippen LogP contribution in [0.15, 0.2) is 109 Å². The molecule has 1 N–H and O–H groups in total. The lowest BCUT2D eigenvalue weighted by Gasteiger charge is -2.45. The Kier molecular flexibility index (Phi) is 3.34. The first kappa shape index (κ1) is 15.7. The average molecular weight is 349 g/mol. The minimum atomic E-state index is -0.501. The molecule has 0 saturated carbocycles. The lowest BCUT2D eigenvalue weighted by Crippen LogP contribution is -2.38. The Hall–Kier alpha value is -3.52. The van der Waals surface area contributed by atoms with E-state index in [9.17, 15) is 0 Å². The van der Waals surface area contributed by atoms with Crippen LogP contribution in [-0.4, -0.2) is 0 Å². The zero-order valence-corrected chi connectivity index (χ0v) is 14.9. The number of anilines is 1. The molecule has 0 fully saturated rings. The van der Waals surface area contributed by atoms with Gasteiger partial charge in [0.2, 0.25) is 0 Å². The van der Waals surface area contributed by atoms with Crippen molar-refractivity contribution in [1.29, 1.82) is 0 Å². The molecule has 2 nitrogen and oxygen atoms in total. The van der Waals surface area contributed by atoms with Crippen LogP contribution in [0.1, 0.15) is 16.7 Å². The van der Waals surface area contributed by atoms with E-state index in [0.29, 0.717) is 0 Å². The number of hydrogen-bond acceptors (Lipinski definition) is 2. The molecule has 0 amide bonds. The van der Waals surface area contributed by atoms with Crippen molar-refractivity contribution >= 4 is 5.69 Å². The minimum Gasteiger partial charge on any atom is -0.457 e. The van der Waals surface area contributed by atoms with Crippen LogP contribution >= 0.6 is 0 Å². The molecule has 5 rings (SSSR count). The van der Waals surface area contributed by atoms with E-state index >= 15 is 0 Å². The quantitative estimate of drug-likeness (QED) is 0.596. The monoisotopic (exact) mass is 349 g/mol. The molecule has 0 atom stereocenters. The molecule has 130 valence electrons. The summed E-state index contributed by atoms with van der Waals surface area (Å²) in [5, 5.41) is 3.53. The Balaban J connectivity index is 2.02. The number of ether oxygens (including phenoxy) is 1. The van der Waals surface area contributed by atoms with Crippen molar-refractivity contribution in [3.8, 4) is 11.5 Å². The van der Waals surface area contributed by atoms with E-state index in [4.69, 9.17) is 4.74 Å². The average Bonchev–Trinajstić information content (AvgIpc) is 2.73. The number of para-hydroxylation sites is 3. The molecule has 3 aromatic rings. The number of allylic oxidation sites excluding steroid dienone is 3. The van der Waals surface area contributed by atoms with Gasteiger partial charge in [-0.3, -0.25) is 0 Å². The second-order valence-corrected chi connectivity index (χ2v) is 6.75. The fourth-order valence-electron chi connectivity index (χ4n) is 4.48. The van der Waals surface area contributed by atoms with Crippen LogP contribution < -0.4 is 10.1 Å². The van der Waals surface area contributed by atoms with Crippen molar-refractivity contribution in [2.24, 2.45) is 0 Å². The topological polar surface area (TPSA) is 21.3 Å². The molecule has 0 unspecified atom stereocenters. The summed E-state index contributed by atoms with van der Waals surface area (Å²) in [6, 6.07) is 25.0. The van der Waals surface area contributed by atoms with E-state index in [1.807, 2.05) is 36.4 Å². The Morgan fingerprint density at radius 1 is 0.704 bits per heavy atom. The summed E-state index contributed by atoms with van der Waals surface area (Å²) >= 11 is 0. The maximum absolute atomic E-state index is 6.28. The van der Waals surface area contributed by atoms with Crippen molar-refractivity contribution in [2.45, 2.75) is 5.41 Å². The number of hydrogen-bond donors (Lipinski definition) is 1. The van der Waals surface area contributed by atoms with Crippen molar-refractivity contribution < 1.29 is 4.74 Å². The Bertz CT molecular complexity index is 1080. The molecule has 2 heteroatoms. The summed E-state index contributed by atoms with van der Waals surface area (Å²) in [5.74, 6) is 1.74. The first-order valence-corrected chi connectivity index (χ1v) is 9.03. The second-order valence-electron chi connectivity index (χ2n) is 6.75. The van der Waals surface area contributed by atoms with Crippen LogP contribution in [0.4, 0.5) is 5.69 Å². The van der Waals surface area contributed by atoms with Gasteiger partial charge in [0.25, 0.3) is 0 Å². The molecule has 0 bridgehead atoms. The molecule has 1 spiro atoms. The SMILES string of the molecule is C=CC1=C(C=C)C2(c3ccccc3N1)c1ccccc1Oc1ccccc12. The maximum atomic E-state index is 6.28. The van der Waals surface area contributed by atoms with Crippen LogP contribution in [0.25, 0.3) is 0 Å². The Morgan fingerprint density at radius 2 is 1.26 bits per heavy atom. The van der Waals surface area contributed by atoms with Gasteiger partial charge in [0, 0.05) is 22.5 Å². The van der Waals surface area contributed by atoms with E-state index < -0.39 is 5.41 Å². The van der Waals surface area contributed by atoms with Gasteiger partial charge in [-0.15, -0.1) is 0 Å². The van der Waals surface area contributed by atoms with E-state index in [-0.39, 0.29) is 0 Å². The molecule has 0 saturated heterocycles. The van der Waals surface area contributed by atoms with Gasteiger partial charge in [-0.2, -0.15) is 0 Å². The number of fused-ring (bicyclic) bond motifs is 6. The molecule has 2 heterocycles. The molecular weight excluding hydrogens is 330 g/mol. The largest absolute Gasteiger partial charge is 0.457 e. The minimum absolute atomic E-state index is 0.501. The number of nitrogens with one attached hydrogen (secondary N) is 1. The van der Waals surface area contributed by atoms with Gasteiger partial charge in [-0.05, 0) is 35.4 Å². The standard InChI is InChI=1S/C25H19NO/c1-3-17-21(4-2)26-22-14-8-5-11-18(22)25(17)19-12-6-9-15-23(19)27-24-16-10-7-13-20(24)25/h3-16,26H,1-2H2. The number of rotatable bonds is 2. The first-order chi connectivity index (χ1) is 13.3. The molecule has 2 aliphatic rings. The fraction of sp³-hybridized carbons (Fsp3) is 0.0400.